The second-order valence-electron chi connectivity index (χ2n) is 7.49. The molecule has 184 valence electrons. The summed E-state index contributed by atoms with van der Waals surface area (Å²) < 4.78 is 35.0. The van der Waals surface area contributed by atoms with Crippen LogP contribution < -0.4 is 33.0 Å². The first-order valence-corrected chi connectivity index (χ1v) is 10.9. The van der Waals surface area contributed by atoms with Crippen LogP contribution in [0.4, 0.5) is 0 Å². The van der Waals surface area contributed by atoms with Crippen molar-refractivity contribution in [3.8, 4) is 34.5 Å². The molecule has 0 radical (unpaired) electrons. The Kier molecular flexibility index (Phi) is 8.62. The molecule has 0 bridgehead atoms. The average Bonchev–Trinajstić information content (AvgIpc) is 2.90. The van der Waals surface area contributed by atoms with Gasteiger partial charge in [0.1, 0.15) is 41.5 Å². The van der Waals surface area contributed by atoms with Crippen LogP contribution in [-0.2, 0) is 7.05 Å². The van der Waals surface area contributed by atoms with Crippen LogP contribution in [0.2, 0.25) is 0 Å². The molecule has 0 spiro atoms. The molecule has 0 aliphatic heterocycles. The van der Waals surface area contributed by atoms with Crippen molar-refractivity contribution in [3.05, 3.63) is 65.0 Å². The summed E-state index contributed by atoms with van der Waals surface area (Å²) in [5.74, 6) is 3.98. The van der Waals surface area contributed by atoms with Crippen molar-refractivity contribution >= 4 is 24.3 Å². The van der Waals surface area contributed by atoms with E-state index in [1.54, 1.807) is 42.7 Å². The van der Waals surface area contributed by atoms with Gasteiger partial charge in [0.05, 0.1) is 53.8 Å². The zero-order valence-corrected chi connectivity index (χ0v) is 21.2. The van der Waals surface area contributed by atoms with Crippen molar-refractivity contribution in [2.45, 2.75) is 0 Å². The molecule has 35 heavy (non-hydrogen) atoms. The summed E-state index contributed by atoms with van der Waals surface area (Å²) >= 11 is 0. The quantitative estimate of drug-likeness (QED) is 0.386. The molecule has 0 saturated heterocycles. The zero-order chi connectivity index (χ0) is 25.4. The summed E-state index contributed by atoms with van der Waals surface area (Å²) in [5.41, 5.74) is 3.62. The number of rotatable bonds is 10. The Morgan fingerprint density at radius 2 is 0.857 bits per heavy atom. The Hall–Kier alpha value is -4.13. The minimum absolute atomic E-state index is 0.662. The molecule has 0 N–H and O–H groups in total. The van der Waals surface area contributed by atoms with Gasteiger partial charge < -0.3 is 28.4 Å². The van der Waals surface area contributed by atoms with Gasteiger partial charge >= 0.3 is 0 Å². The van der Waals surface area contributed by atoms with Crippen molar-refractivity contribution in [1.29, 1.82) is 0 Å². The topological polar surface area (TPSA) is 59.3 Å². The third-order valence-electron chi connectivity index (χ3n) is 5.66. The normalized spacial score (nSPS) is 11.1. The molecule has 3 rings (SSSR count). The number of methoxy groups -OCH3 is 6. The predicted octanol–water partition coefficient (Wildman–Crippen LogP) is 4.90. The summed E-state index contributed by atoms with van der Waals surface area (Å²) in [6, 6.07) is 13.4. The van der Waals surface area contributed by atoms with Crippen LogP contribution in [0.1, 0.15) is 22.5 Å². The molecule has 0 aliphatic rings. The van der Waals surface area contributed by atoms with Crippen LogP contribution in [0, 0.1) is 0 Å². The van der Waals surface area contributed by atoms with Crippen LogP contribution >= 0.6 is 0 Å². The van der Waals surface area contributed by atoms with Gasteiger partial charge in [-0.05, 0) is 18.2 Å². The highest BCUT2D eigenvalue weighted by Crippen LogP contribution is 2.36. The lowest BCUT2D eigenvalue weighted by Crippen LogP contribution is -2.35. The largest absolute Gasteiger partial charge is 0.496 e. The summed E-state index contributed by atoms with van der Waals surface area (Å²) in [6.45, 7) is 0. The van der Waals surface area contributed by atoms with E-state index < -0.39 is 0 Å². The third kappa shape index (κ3) is 5.69. The highest BCUT2D eigenvalue weighted by Gasteiger charge is 2.14. The molecular formula is C28H32NO6+. The first-order valence-electron chi connectivity index (χ1n) is 10.9. The van der Waals surface area contributed by atoms with Gasteiger partial charge in [0.2, 0.25) is 11.4 Å². The molecule has 1 aromatic heterocycles. The maximum absolute atomic E-state index is 5.56. The Morgan fingerprint density at radius 1 is 0.514 bits per heavy atom. The maximum Gasteiger partial charge on any atom is 0.205 e. The van der Waals surface area contributed by atoms with Crippen LogP contribution in [0.5, 0.6) is 34.5 Å². The van der Waals surface area contributed by atoms with E-state index in [1.807, 2.05) is 73.8 Å². The van der Waals surface area contributed by atoms with Crippen LogP contribution in [0.25, 0.3) is 24.3 Å². The Balaban J connectivity index is 1.98. The molecule has 0 aliphatic carbocycles. The molecule has 3 aromatic rings. The molecule has 0 amide bonds. The van der Waals surface area contributed by atoms with Crippen molar-refractivity contribution < 1.29 is 33.0 Å². The predicted molar refractivity (Wildman–Crippen MR) is 138 cm³/mol. The number of benzene rings is 2. The Morgan fingerprint density at radius 3 is 1.14 bits per heavy atom. The fourth-order valence-corrected chi connectivity index (χ4v) is 3.68. The lowest BCUT2D eigenvalue weighted by Gasteiger charge is -2.12. The molecule has 0 saturated carbocycles. The number of pyridine rings is 1. The molecule has 7 nitrogen and oxygen atoms in total. The minimum Gasteiger partial charge on any atom is -0.496 e. The standard InChI is InChI=1S/C28H32NO6/c1-29-19(11-13-23-25(32-4)15-21(30-2)16-26(23)33-5)9-8-10-20(29)12-14-24-27(34-6)17-22(31-3)18-28(24)35-7/h8-18H,1-7H3/q+1/b13-11+,14-12+. The highest BCUT2D eigenvalue weighted by atomic mass is 16.5. The first kappa shape index (κ1) is 25.5. The molecule has 0 unspecified atom stereocenters. The molecule has 0 atom stereocenters. The van der Waals surface area contributed by atoms with Gasteiger partial charge in [0, 0.05) is 48.6 Å². The number of ether oxygens (including phenoxy) is 6. The van der Waals surface area contributed by atoms with Gasteiger partial charge in [-0.15, -0.1) is 0 Å². The van der Waals surface area contributed by atoms with Crippen molar-refractivity contribution in [2.24, 2.45) is 7.05 Å². The SMILES string of the molecule is COc1cc(OC)c(/C=C/c2cccc(/C=C/c3c(OC)cc(OC)cc3OC)[n+]2C)c(OC)c1. The molecular weight excluding hydrogens is 446 g/mol. The van der Waals surface area contributed by atoms with Crippen LogP contribution in [0.15, 0.2) is 42.5 Å². The van der Waals surface area contributed by atoms with Gasteiger partial charge in [-0.25, -0.2) is 0 Å². The van der Waals surface area contributed by atoms with E-state index in [0.29, 0.717) is 34.5 Å². The highest BCUT2D eigenvalue weighted by molar-refractivity contribution is 5.77. The lowest BCUT2D eigenvalue weighted by atomic mass is 10.1. The van der Waals surface area contributed by atoms with E-state index in [1.165, 1.54) is 0 Å². The van der Waals surface area contributed by atoms with Gasteiger partial charge in [-0.3, -0.25) is 0 Å². The molecule has 7 heteroatoms. The van der Waals surface area contributed by atoms with E-state index in [4.69, 9.17) is 28.4 Å². The molecule has 0 fully saturated rings. The maximum atomic E-state index is 5.56. The molecule has 1 heterocycles. The average molecular weight is 479 g/mol. The Bertz CT molecular complexity index is 1090. The Labute approximate surface area is 206 Å². The number of hydrogen-bond acceptors (Lipinski definition) is 6. The minimum atomic E-state index is 0.662. The third-order valence-corrected chi connectivity index (χ3v) is 5.66. The van der Waals surface area contributed by atoms with Gasteiger partial charge in [-0.2, -0.15) is 4.57 Å². The summed E-state index contributed by atoms with van der Waals surface area (Å²) in [5, 5.41) is 0. The number of aromatic nitrogens is 1. The van der Waals surface area contributed by atoms with Crippen LogP contribution in [0.3, 0.4) is 0 Å². The zero-order valence-electron chi connectivity index (χ0n) is 21.2. The van der Waals surface area contributed by atoms with E-state index in [-0.39, 0.29) is 0 Å². The van der Waals surface area contributed by atoms with Crippen LogP contribution in [-0.4, -0.2) is 42.7 Å². The van der Waals surface area contributed by atoms with E-state index in [2.05, 4.69) is 4.57 Å². The van der Waals surface area contributed by atoms with E-state index >= 15 is 0 Å². The van der Waals surface area contributed by atoms with Crippen molar-refractivity contribution in [2.75, 3.05) is 42.7 Å². The van der Waals surface area contributed by atoms with Gasteiger partial charge in [0.15, 0.2) is 0 Å². The van der Waals surface area contributed by atoms with E-state index in [0.717, 1.165) is 22.5 Å². The monoisotopic (exact) mass is 478 g/mol. The lowest BCUT2D eigenvalue weighted by molar-refractivity contribution is -0.675. The first-order chi connectivity index (χ1) is 17.0. The number of hydrogen-bond donors (Lipinski definition) is 0. The second kappa shape index (κ2) is 11.8. The van der Waals surface area contributed by atoms with Gasteiger partial charge in [0.25, 0.3) is 0 Å². The van der Waals surface area contributed by atoms with Gasteiger partial charge in [-0.1, -0.05) is 0 Å². The number of nitrogens with zero attached hydrogens (tertiary/aromatic N) is 1. The fraction of sp³-hybridized carbons (Fsp3) is 0.250. The molecule has 2 aromatic carbocycles. The second-order valence-corrected chi connectivity index (χ2v) is 7.49. The summed E-state index contributed by atoms with van der Waals surface area (Å²) in [7, 11) is 11.7. The smallest absolute Gasteiger partial charge is 0.205 e. The fourth-order valence-electron chi connectivity index (χ4n) is 3.68. The van der Waals surface area contributed by atoms with Crippen molar-refractivity contribution in [3.63, 3.8) is 0 Å². The van der Waals surface area contributed by atoms with Crippen molar-refractivity contribution in [1.82, 2.24) is 0 Å². The summed E-state index contributed by atoms with van der Waals surface area (Å²) in [6.07, 6.45) is 7.96. The van der Waals surface area contributed by atoms with E-state index in [9.17, 15) is 0 Å². The summed E-state index contributed by atoms with van der Waals surface area (Å²) in [4.78, 5) is 0.